The Labute approximate surface area is 476 Å². The highest BCUT2D eigenvalue weighted by atomic mass is 127. The molecule has 0 aliphatic carbocycles. The zero-order chi connectivity index (χ0) is 46.9. The minimum atomic E-state index is -3.88. The molecule has 67 heavy (non-hydrogen) atoms. The van der Waals surface area contributed by atoms with Crippen LogP contribution < -0.4 is 9.47 Å². The van der Waals surface area contributed by atoms with E-state index >= 15 is 0 Å². The predicted molar refractivity (Wildman–Crippen MR) is 311 cm³/mol. The van der Waals surface area contributed by atoms with Gasteiger partial charge in [0.2, 0.25) is 9.84 Å². The SMILES string of the molecule is O=C(Oc1c(I)cc(I)cc1I)c1ccc([S+]2c3ccccc3S(=O)c3ccc(-c4ccc5c(c4)[S+](c4ccc(C(=O)Oc6c(I)cc(I)cc6I)cc4)c4ccccc4S5(=O)=O)cc32)cc1. The number of carbonyl (C=O) groups is 2. The van der Waals surface area contributed by atoms with E-state index < -0.39 is 54.4 Å². The summed E-state index contributed by atoms with van der Waals surface area (Å²) in [6, 6.07) is 48.7. The number of fused-ring (bicyclic) bond motifs is 4. The number of halogens is 6. The first-order chi connectivity index (χ1) is 32.2. The van der Waals surface area contributed by atoms with Gasteiger partial charge in [0, 0.05) is 19.3 Å². The van der Waals surface area contributed by atoms with Crippen molar-refractivity contribution in [3.63, 3.8) is 0 Å². The largest absolute Gasteiger partial charge is 0.421 e. The van der Waals surface area contributed by atoms with Gasteiger partial charge >= 0.3 is 11.9 Å². The van der Waals surface area contributed by atoms with Crippen molar-refractivity contribution in [3.05, 3.63) is 190 Å². The minimum absolute atomic E-state index is 0.224. The van der Waals surface area contributed by atoms with Crippen LogP contribution in [0.1, 0.15) is 20.7 Å². The minimum Gasteiger partial charge on any atom is -0.421 e. The van der Waals surface area contributed by atoms with E-state index in [-0.39, 0.29) is 9.79 Å². The highest BCUT2D eigenvalue weighted by Gasteiger charge is 2.46. The Morgan fingerprint density at radius 3 is 1.40 bits per heavy atom. The van der Waals surface area contributed by atoms with Gasteiger partial charge in [-0.3, -0.25) is 0 Å². The van der Waals surface area contributed by atoms with E-state index in [4.69, 9.17) is 9.47 Å². The third-order valence-electron chi connectivity index (χ3n) is 10.7. The van der Waals surface area contributed by atoms with Crippen LogP contribution in [0.25, 0.3) is 11.1 Å². The van der Waals surface area contributed by atoms with Crippen LogP contribution in [0, 0.1) is 21.4 Å². The first-order valence-corrected chi connectivity index (χ1v) is 31.3. The van der Waals surface area contributed by atoms with Crippen LogP contribution in [-0.2, 0) is 42.4 Å². The van der Waals surface area contributed by atoms with Gasteiger partial charge in [-0.2, -0.15) is 0 Å². The van der Waals surface area contributed by atoms with Gasteiger partial charge in [0.25, 0.3) is 0 Å². The summed E-state index contributed by atoms with van der Waals surface area (Å²) in [7, 11) is -6.94. The van der Waals surface area contributed by atoms with Crippen LogP contribution in [0.15, 0.2) is 207 Å². The fraction of sp³-hybridized carbons (Fsp3) is 0. The van der Waals surface area contributed by atoms with E-state index in [2.05, 4.69) is 142 Å². The standard InChI is InChI=1S/C50H26I6O7S4/c51-31-23-35(53)47(36(54)24-31)62-49(57)27-9-15-33(16-10-27)64-39-5-1-2-6-40(39)66(59)41-19-13-29(21-43(41)64)30-14-20-46-44(22-30)65(42-7-3-4-8-45(42)67(46,60)61)34-17-11-28(12-18-34)50(58)63-48-37(55)25-32(52)26-38(48)56/h1-26H/q+2. The molecular weight excluding hydrogens is 1600 g/mol. The van der Waals surface area contributed by atoms with Gasteiger partial charge in [0.15, 0.2) is 40.9 Å². The maximum absolute atomic E-state index is 14.3. The number of sulfone groups is 1. The van der Waals surface area contributed by atoms with Crippen molar-refractivity contribution in [2.24, 2.45) is 0 Å². The maximum atomic E-state index is 14.3. The summed E-state index contributed by atoms with van der Waals surface area (Å²) in [5.74, 6) is 0.0828. The fourth-order valence-electron chi connectivity index (χ4n) is 7.67. The molecule has 0 amide bonds. The number of ether oxygens (including phenoxy) is 2. The number of benzene rings is 8. The van der Waals surface area contributed by atoms with Crippen LogP contribution >= 0.6 is 136 Å². The quantitative estimate of drug-likeness (QED) is 0.0677. The number of esters is 2. The molecule has 8 aromatic carbocycles. The van der Waals surface area contributed by atoms with Gasteiger partial charge in [0.05, 0.1) is 46.0 Å². The maximum Gasteiger partial charge on any atom is 0.343 e. The molecule has 8 aromatic rings. The van der Waals surface area contributed by atoms with Gasteiger partial charge in [-0.25, -0.2) is 22.2 Å². The van der Waals surface area contributed by atoms with E-state index in [1.165, 1.54) is 0 Å². The summed E-state index contributed by atoms with van der Waals surface area (Å²) in [5, 5.41) is 0. The Morgan fingerprint density at radius 1 is 0.448 bits per heavy atom. The molecule has 17 heteroatoms. The summed E-state index contributed by atoms with van der Waals surface area (Å²) >= 11 is 13.2. The fourth-order valence-corrected chi connectivity index (χ4v) is 24.2. The van der Waals surface area contributed by atoms with Crippen LogP contribution in [0.3, 0.4) is 0 Å². The Balaban J connectivity index is 1.02. The molecule has 3 atom stereocenters. The molecule has 0 saturated carbocycles. The van der Waals surface area contributed by atoms with E-state index in [1.54, 1.807) is 42.5 Å². The molecule has 2 aliphatic rings. The van der Waals surface area contributed by atoms with Crippen LogP contribution in [-0.4, -0.2) is 24.6 Å². The van der Waals surface area contributed by atoms with Gasteiger partial charge in [-0.1, -0.05) is 36.4 Å². The molecule has 0 aromatic heterocycles. The first-order valence-electron chi connectivity index (χ1n) is 19.7. The third-order valence-corrected chi connectivity index (χ3v) is 23.7. The number of rotatable bonds is 7. The highest BCUT2D eigenvalue weighted by Crippen LogP contribution is 2.48. The van der Waals surface area contributed by atoms with Crippen LogP contribution in [0.2, 0.25) is 0 Å². The second-order valence-electron chi connectivity index (χ2n) is 14.8. The lowest BCUT2D eigenvalue weighted by atomic mass is 10.1. The number of carbonyl (C=O) groups excluding carboxylic acids is 2. The summed E-state index contributed by atoms with van der Waals surface area (Å²) in [6.45, 7) is 0. The zero-order valence-corrected chi connectivity index (χ0v) is 50.0. The van der Waals surface area contributed by atoms with E-state index in [0.29, 0.717) is 37.3 Å². The molecule has 7 nitrogen and oxygen atoms in total. The molecule has 0 N–H and O–H groups in total. The zero-order valence-electron chi connectivity index (χ0n) is 33.8. The molecular formula is C50H26I6O7S4+2. The summed E-state index contributed by atoms with van der Waals surface area (Å²) < 4.78 is 60.2. The number of hydrogen-bond donors (Lipinski definition) is 0. The Hall–Kier alpha value is -2.12. The summed E-state index contributed by atoms with van der Waals surface area (Å²) in [6.07, 6.45) is 0. The smallest absolute Gasteiger partial charge is 0.343 e. The molecule has 0 spiro atoms. The molecule has 2 aliphatic heterocycles. The monoisotopic (exact) mass is 1630 g/mol. The lowest BCUT2D eigenvalue weighted by Crippen LogP contribution is -2.20. The van der Waals surface area contributed by atoms with Crippen molar-refractivity contribution < 1.29 is 31.7 Å². The molecule has 0 radical (unpaired) electrons. The van der Waals surface area contributed by atoms with E-state index in [0.717, 1.165) is 57.0 Å². The Morgan fingerprint density at radius 2 is 0.866 bits per heavy atom. The van der Waals surface area contributed by atoms with Gasteiger partial charge < -0.3 is 9.47 Å². The van der Waals surface area contributed by atoms with Gasteiger partial charge in [0.1, 0.15) is 31.6 Å². The first kappa shape index (κ1) is 48.5. The molecule has 0 fully saturated rings. The van der Waals surface area contributed by atoms with Gasteiger partial charge in [-0.05, 0) is 256 Å². The lowest BCUT2D eigenvalue weighted by Gasteiger charge is -2.21. The summed E-state index contributed by atoms with van der Waals surface area (Å²) in [5.41, 5.74) is 2.40. The second kappa shape index (κ2) is 19.8. The molecule has 0 bridgehead atoms. The van der Waals surface area contributed by atoms with Crippen LogP contribution in [0.5, 0.6) is 11.5 Å². The van der Waals surface area contributed by atoms with Crippen molar-refractivity contribution in [1.82, 2.24) is 0 Å². The van der Waals surface area contributed by atoms with Crippen molar-refractivity contribution in [2.45, 2.75) is 49.0 Å². The number of hydrogen-bond acceptors (Lipinski definition) is 7. The molecule has 0 saturated heterocycles. The average molecular weight is 1630 g/mol. The van der Waals surface area contributed by atoms with Crippen molar-refractivity contribution in [2.75, 3.05) is 0 Å². The predicted octanol–water partition coefficient (Wildman–Crippen LogP) is 14.2. The molecule has 332 valence electrons. The molecule has 10 rings (SSSR count). The molecule has 3 unspecified atom stereocenters. The topological polar surface area (TPSA) is 104 Å². The van der Waals surface area contributed by atoms with Crippen molar-refractivity contribution in [3.8, 4) is 22.6 Å². The Bertz CT molecular complexity index is 3490. The lowest BCUT2D eigenvalue weighted by molar-refractivity contribution is 0.0722. The average Bonchev–Trinajstić information content (AvgIpc) is 3.31. The van der Waals surface area contributed by atoms with Gasteiger partial charge in [-0.15, -0.1) is 0 Å². The highest BCUT2D eigenvalue weighted by molar-refractivity contribution is 14.1. The van der Waals surface area contributed by atoms with Crippen molar-refractivity contribution >= 4 is 190 Å². The van der Waals surface area contributed by atoms with Crippen molar-refractivity contribution in [1.29, 1.82) is 0 Å². The van der Waals surface area contributed by atoms with E-state index in [1.807, 2.05) is 109 Å². The summed E-state index contributed by atoms with van der Waals surface area (Å²) in [4.78, 5) is 33.7. The normalized spacial score (nSPS) is 16.5. The van der Waals surface area contributed by atoms with Crippen LogP contribution in [0.4, 0.5) is 0 Å². The van der Waals surface area contributed by atoms with E-state index in [9.17, 15) is 22.2 Å². The third kappa shape index (κ3) is 9.33. The molecule has 2 heterocycles. The second-order valence-corrected chi connectivity index (χ2v) is 29.2. The Kier molecular flexibility index (Phi) is 14.4.